The molecule has 7 nitrogen and oxygen atoms in total. The second kappa shape index (κ2) is 9.77. The van der Waals surface area contributed by atoms with Gasteiger partial charge in [-0.15, -0.1) is 11.3 Å². The Kier molecular flexibility index (Phi) is 7.68. The number of urea groups is 1. The first-order valence-corrected chi connectivity index (χ1v) is 9.86. The fraction of sp³-hybridized carbons (Fsp3) is 0.278. The van der Waals surface area contributed by atoms with Crippen LogP contribution in [0.25, 0.3) is 0 Å². The molecule has 0 atom stereocenters. The predicted molar refractivity (Wildman–Crippen MR) is 110 cm³/mol. The average molecular weight is 445 g/mol. The maximum Gasteiger partial charge on any atom is 0.348 e. The number of carbonyl (C=O) groups is 3. The number of thiophene rings is 1. The zero-order valence-corrected chi connectivity index (χ0v) is 17.7. The van der Waals surface area contributed by atoms with Gasteiger partial charge in [-0.25, -0.2) is 14.4 Å². The molecule has 0 saturated carbocycles. The van der Waals surface area contributed by atoms with Crippen molar-refractivity contribution in [2.45, 2.75) is 20.8 Å². The van der Waals surface area contributed by atoms with Gasteiger partial charge in [-0.05, 0) is 44.5 Å². The molecule has 150 valence electrons. The van der Waals surface area contributed by atoms with Gasteiger partial charge in [0.15, 0.2) is 0 Å². The summed E-state index contributed by atoms with van der Waals surface area (Å²) in [5, 5.41) is 5.97. The van der Waals surface area contributed by atoms with E-state index in [1.165, 1.54) is 12.1 Å². The van der Waals surface area contributed by atoms with Gasteiger partial charge in [0, 0.05) is 5.69 Å². The van der Waals surface area contributed by atoms with Crippen LogP contribution in [0.5, 0.6) is 0 Å². The highest BCUT2D eigenvalue weighted by Crippen LogP contribution is 2.34. The number of halogens is 2. The van der Waals surface area contributed by atoms with Crippen LogP contribution in [0.2, 0.25) is 10.0 Å². The molecule has 0 fully saturated rings. The molecule has 0 aliphatic carbocycles. The van der Waals surface area contributed by atoms with Gasteiger partial charge in [0.2, 0.25) is 0 Å². The first kappa shape index (κ1) is 22.0. The highest BCUT2D eigenvalue weighted by Gasteiger charge is 2.27. The molecule has 0 saturated heterocycles. The van der Waals surface area contributed by atoms with Crippen LogP contribution in [0, 0.1) is 6.92 Å². The molecule has 0 aliphatic heterocycles. The molecule has 2 amide bonds. The van der Waals surface area contributed by atoms with Gasteiger partial charge >= 0.3 is 18.0 Å². The highest BCUT2D eigenvalue weighted by molar-refractivity contribution is 7.18. The van der Waals surface area contributed by atoms with Crippen LogP contribution < -0.4 is 10.6 Å². The third-order valence-corrected chi connectivity index (χ3v) is 5.42. The standard InChI is InChI=1S/C18H18Cl2N2O5S/c1-4-26-16(23)13-9(3)14(17(24)27-5-2)28-15(13)22-18(25)21-10-6-7-11(19)12(20)8-10/h6-8H,4-5H2,1-3H3,(H2,21,22,25). The minimum Gasteiger partial charge on any atom is -0.462 e. The molecule has 2 aromatic rings. The van der Waals surface area contributed by atoms with E-state index in [-0.39, 0.29) is 33.7 Å². The number of hydrogen-bond donors (Lipinski definition) is 2. The lowest BCUT2D eigenvalue weighted by Crippen LogP contribution is -2.20. The molecule has 2 rings (SSSR count). The van der Waals surface area contributed by atoms with Gasteiger partial charge in [-0.3, -0.25) is 5.32 Å². The van der Waals surface area contributed by atoms with Crippen molar-refractivity contribution in [3.05, 3.63) is 44.2 Å². The largest absolute Gasteiger partial charge is 0.462 e. The monoisotopic (exact) mass is 444 g/mol. The van der Waals surface area contributed by atoms with E-state index >= 15 is 0 Å². The summed E-state index contributed by atoms with van der Waals surface area (Å²) in [6, 6.07) is 3.97. The molecule has 0 unspecified atom stereocenters. The van der Waals surface area contributed by atoms with E-state index in [2.05, 4.69) is 10.6 Å². The summed E-state index contributed by atoms with van der Waals surface area (Å²) in [6.07, 6.45) is 0. The van der Waals surface area contributed by atoms with Crippen molar-refractivity contribution < 1.29 is 23.9 Å². The second-order valence-electron chi connectivity index (χ2n) is 5.41. The molecule has 1 heterocycles. The summed E-state index contributed by atoms with van der Waals surface area (Å²) in [5.41, 5.74) is 0.898. The first-order valence-electron chi connectivity index (χ1n) is 8.29. The van der Waals surface area contributed by atoms with Crippen molar-refractivity contribution in [1.82, 2.24) is 0 Å². The number of nitrogens with one attached hydrogen (secondary N) is 2. The lowest BCUT2D eigenvalue weighted by molar-refractivity contribution is 0.0527. The van der Waals surface area contributed by atoms with Crippen LogP contribution in [0.1, 0.15) is 39.4 Å². The zero-order chi connectivity index (χ0) is 20.8. The van der Waals surface area contributed by atoms with E-state index in [4.69, 9.17) is 32.7 Å². The normalized spacial score (nSPS) is 10.3. The maximum absolute atomic E-state index is 12.4. The number of rotatable bonds is 6. The summed E-state index contributed by atoms with van der Waals surface area (Å²) in [7, 11) is 0. The number of anilines is 2. The third-order valence-electron chi connectivity index (χ3n) is 3.49. The van der Waals surface area contributed by atoms with Gasteiger partial charge in [0.05, 0.1) is 28.8 Å². The van der Waals surface area contributed by atoms with E-state index in [1.807, 2.05) is 0 Å². The van der Waals surface area contributed by atoms with Gasteiger partial charge < -0.3 is 14.8 Å². The van der Waals surface area contributed by atoms with Gasteiger partial charge in [0.25, 0.3) is 0 Å². The highest BCUT2D eigenvalue weighted by atomic mass is 35.5. The van der Waals surface area contributed by atoms with Crippen LogP contribution in [-0.4, -0.2) is 31.2 Å². The van der Waals surface area contributed by atoms with Crippen LogP contribution in [0.15, 0.2) is 18.2 Å². The lowest BCUT2D eigenvalue weighted by Gasteiger charge is -2.09. The molecular formula is C18H18Cl2N2O5S. The summed E-state index contributed by atoms with van der Waals surface area (Å²) in [4.78, 5) is 37.1. The lowest BCUT2D eigenvalue weighted by atomic mass is 10.1. The Morgan fingerprint density at radius 2 is 1.64 bits per heavy atom. The molecule has 10 heteroatoms. The summed E-state index contributed by atoms with van der Waals surface area (Å²) in [5.74, 6) is -1.22. The number of carbonyl (C=O) groups excluding carboxylic acids is 3. The topological polar surface area (TPSA) is 93.7 Å². The fourth-order valence-corrected chi connectivity index (χ4v) is 3.66. The van der Waals surface area contributed by atoms with Crippen molar-refractivity contribution >= 4 is 63.2 Å². The third kappa shape index (κ3) is 5.15. The first-order chi connectivity index (χ1) is 13.3. The van der Waals surface area contributed by atoms with E-state index in [1.54, 1.807) is 26.8 Å². The molecule has 0 bridgehead atoms. The summed E-state index contributed by atoms with van der Waals surface area (Å²) in [6.45, 7) is 5.27. The minimum atomic E-state index is -0.642. The number of hydrogen-bond acceptors (Lipinski definition) is 6. The Hall–Kier alpha value is -2.29. The molecule has 1 aromatic carbocycles. The number of esters is 2. The second-order valence-corrected chi connectivity index (χ2v) is 7.24. The van der Waals surface area contributed by atoms with E-state index in [9.17, 15) is 14.4 Å². The molecule has 0 aliphatic rings. The Balaban J connectivity index is 2.30. The summed E-state index contributed by atoms with van der Waals surface area (Å²) < 4.78 is 10.0. The van der Waals surface area contributed by atoms with Gasteiger partial charge in [-0.1, -0.05) is 23.2 Å². The molecule has 28 heavy (non-hydrogen) atoms. The summed E-state index contributed by atoms with van der Waals surface area (Å²) >= 11 is 12.7. The van der Waals surface area contributed by atoms with Crippen molar-refractivity contribution in [2.75, 3.05) is 23.8 Å². The van der Waals surface area contributed by atoms with Crippen LogP contribution in [0.3, 0.4) is 0 Å². The molecule has 2 N–H and O–H groups in total. The SMILES string of the molecule is CCOC(=O)c1sc(NC(=O)Nc2ccc(Cl)c(Cl)c2)c(C(=O)OCC)c1C. The van der Waals surface area contributed by atoms with Gasteiger partial charge in [-0.2, -0.15) is 0 Å². The zero-order valence-electron chi connectivity index (χ0n) is 15.4. The minimum absolute atomic E-state index is 0.110. The van der Waals surface area contributed by atoms with Crippen LogP contribution in [0.4, 0.5) is 15.5 Å². The van der Waals surface area contributed by atoms with Crippen LogP contribution in [-0.2, 0) is 9.47 Å². The maximum atomic E-state index is 12.4. The van der Waals surface area contributed by atoms with Crippen molar-refractivity contribution in [2.24, 2.45) is 0 Å². The Labute approximate surface area is 175 Å². The number of benzene rings is 1. The van der Waals surface area contributed by atoms with Crippen molar-refractivity contribution in [3.63, 3.8) is 0 Å². The van der Waals surface area contributed by atoms with E-state index < -0.39 is 18.0 Å². The molecule has 0 spiro atoms. The number of amides is 2. The molecule has 0 radical (unpaired) electrons. The Morgan fingerprint density at radius 3 is 2.25 bits per heavy atom. The van der Waals surface area contributed by atoms with Crippen LogP contribution >= 0.6 is 34.5 Å². The van der Waals surface area contributed by atoms with Crippen molar-refractivity contribution in [3.8, 4) is 0 Å². The van der Waals surface area contributed by atoms with Gasteiger partial charge in [0.1, 0.15) is 9.88 Å². The number of ether oxygens (including phenoxy) is 2. The Bertz CT molecular complexity index is 914. The average Bonchev–Trinajstić information content (AvgIpc) is 2.94. The quantitative estimate of drug-likeness (QED) is 0.584. The fourth-order valence-electron chi connectivity index (χ4n) is 2.28. The molecule has 1 aromatic heterocycles. The van der Waals surface area contributed by atoms with E-state index in [0.717, 1.165) is 11.3 Å². The Morgan fingerprint density at radius 1 is 1.00 bits per heavy atom. The smallest absolute Gasteiger partial charge is 0.348 e. The molecular weight excluding hydrogens is 427 g/mol. The predicted octanol–water partition coefficient (Wildman–Crippen LogP) is 5.36. The van der Waals surface area contributed by atoms with Crippen molar-refractivity contribution in [1.29, 1.82) is 0 Å². The van der Waals surface area contributed by atoms with E-state index in [0.29, 0.717) is 16.3 Å².